The van der Waals surface area contributed by atoms with Gasteiger partial charge in [-0.1, -0.05) is 6.92 Å². The van der Waals surface area contributed by atoms with Gasteiger partial charge in [0.15, 0.2) is 0 Å². The lowest BCUT2D eigenvalue weighted by molar-refractivity contribution is -0.125. The van der Waals surface area contributed by atoms with Gasteiger partial charge < -0.3 is 19.8 Å². The fraction of sp³-hybridized carbons (Fsp3) is 0.615. The third-order valence-corrected chi connectivity index (χ3v) is 3.12. The molecule has 1 aromatic heterocycles. The molecule has 1 saturated heterocycles. The molecule has 2 rings (SSSR count). The van der Waals surface area contributed by atoms with Crippen LogP contribution in [0.25, 0.3) is 0 Å². The van der Waals surface area contributed by atoms with Crippen molar-refractivity contribution < 1.29 is 13.9 Å². The largest absolute Gasteiger partial charge is 0.465 e. The zero-order valence-corrected chi connectivity index (χ0v) is 10.9. The van der Waals surface area contributed by atoms with E-state index in [1.165, 1.54) is 0 Å². The van der Waals surface area contributed by atoms with Crippen molar-refractivity contribution in [1.82, 2.24) is 10.6 Å². The molecule has 0 aromatic carbocycles. The van der Waals surface area contributed by atoms with Gasteiger partial charge in [0, 0.05) is 6.04 Å². The third-order valence-electron chi connectivity index (χ3n) is 3.12. The van der Waals surface area contributed by atoms with E-state index in [0.29, 0.717) is 19.8 Å². The number of carbonyl (C=O) groups is 1. The van der Waals surface area contributed by atoms with Crippen LogP contribution in [0.15, 0.2) is 16.5 Å². The van der Waals surface area contributed by atoms with Gasteiger partial charge in [-0.3, -0.25) is 4.79 Å². The molecule has 1 fully saturated rings. The van der Waals surface area contributed by atoms with E-state index < -0.39 is 0 Å². The van der Waals surface area contributed by atoms with Gasteiger partial charge in [0.05, 0.1) is 25.7 Å². The van der Waals surface area contributed by atoms with E-state index in [2.05, 4.69) is 10.6 Å². The van der Waals surface area contributed by atoms with Crippen molar-refractivity contribution in [2.45, 2.75) is 26.4 Å². The number of rotatable bonds is 5. The first-order valence-corrected chi connectivity index (χ1v) is 6.35. The van der Waals surface area contributed by atoms with Crippen LogP contribution in [-0.2, 0) is 16.1 Å². The quantitative estimate of drug-likeness (QED) is 0.814. The summed E-state index contributed by atoms with van der Waals surface area (Å²) in [4.78, 5) is 12.0. The molecule has 1 aliphatic heterocycles. The van der Waals surface area contributed by atoms with Gasteiger partial charge in [-0.25, -0.2) is 0 Å². The maximum absolute atomic E-state index is 12.0. The highest BCUT2D eigenvalue weighted by Gasteiger charge is 2.33. The molecule has 2 unspecified atom stereocenters. The fourth-order valence-corrected chi connectivity index (χ4v) is 2.16. The van der Waals surface area contributed by atoms with Crippen molar-refractivity contribution in [1.29, 1.82) is 0 Å². The van der Waals surface area contributed by atoms with E-state index in [0.717, 1.165) is 18.1 Å². The number of aryl methyl sites for hydroxylation is 1. The van der Waals surface area contributed by atoms with Gasteiger partial charge in [0.1, 0.15) is 11.5 Å². The second kappa shape index (κ2) is 6.02. The average molecular weight is 252 g/mol. The fourth-order valence-electron chi connectivity index (χ4n) is 2.16. The Labute approximate surface area is 107 Å². The average Bonchev–Trinajstić information content (AvgIpc) is 2.96. The van der Waals surface area contributed by atoms with Crippen LogP contribution in [0.4, 0.5) is 0 Å². The molecular formula is C13H20N2O3. The molecule has 0 aliphatic carbocycles. The highest BCUT2D eigenvalue weighted by atomic mass is 16.5. The predicted octanol–water partition coefficient (Wildman–Crippen LogP) is 0.829. The highest BCUT2D eigenvalue weighted by Crippen LogP contribution is 2.14. The van der Waals surface area contributed by atoms with E-state index in [1.807, 2.05) is 26.0 Å². The lowest BCUT2D eigenvalue weighted by atomic mass is 10.0. The maximum atomic E-state index is 12.0. The summed E-state index contributed by atoms with van der Waals surface area (Å²) in [6.45, 7) is 6.28. The Kier molecular flexibility index (Phi) is 4.38. The van der Waals surface area contributed by atoms with Crippen molar-refractivity contribution in [3.63, 3.8) is 0 Å². The topological polar surface area (TPSA) is 63.5 Å². The summed E-state index contributed by atoms with van der Waals surface area (Å²) in [6.07, 6.45) is 0. The molecule has 1 aliphatic rings. The first-order valence-electron chi connectivity index (χ1n) is 6.35. The third kappa shape index (κ3) is 3.11. The standard InChI is InChI=1S/C13H20N2O3/c1-3-14-12-8-17-7-11(12)13(16)15-6-10-5-4-9(2)18-10/h4-5,11-12,14H,3,6-8H2,1-2H3,(H,15,16). The Morgan fingerprint density at radius 3 is 2.94 bits per heavy atom. The molecule has 2 N–H and O–H groups in total. The zero-order chi connectivity index (χ0) is 13.0. The van der Waals surface area contributed by atoms with Gasteiger partial charge in [-0.2, -0.15) is 0 Å². The van der Waals surface area contributed by atoms with Gasteiger partial charge in [-0.15, -0.1) is 0 Å². The second-order valence-electron chi connectivity index (χ2n) is 4.54. The van der Waals surface area contributed by atoms with Crippen molar-refractivity contribution in [3.8, 4) is 0 Å². The molecule has 5 nitrogen and oxygen atoms in total. The smallest absolute Gasteiger partial charge is 0.227 e. The van der Waals surface area contributed by atoms with Crippen LogP contribution in [0.5, 0.6) is 0 Å². The molecule has 5 heteroatoms. The summed E-state index contributed by atoms with van der Waals surface area (Å²) in [7, 11) is 0. The first kappa shape index (κ1) is 13.1. The van der Waals surface area contributed by atoms with Crippen molar-refractivity contribution in [2.24, 2.45) is 5.92 Å². The number of furan rings is 1. The lowest BCUT2D eigenvalue weighted by Crippen LogP contribution is -2.43. The summed E-state index contributed by atoms with van der Waals surface area (Å²) < 4.78 is 10.8. The molecule has 100 valence electrons. The van der Waals surface area contributed by atoms with Crippen LogP contribution in [-0.4, -0.2) is 31.7 Å². The lowest BCUT2D eigenvalue weighted by Gasteiger charge is -2.17. The van der Waals surface area contributed by atoms with Crippen LogP contribution >= 0.6 is 0 Å². The molecule has 2 atom stereocenters. The molecule has 1 amide bonds. The number of nitrogens with one attached hydrogen (secondary N) is 2. The minimum absolute atomic E-state index is 0.0208. The number of likely N-dealkylation sites (N-methyl/N-ethyl adjacent to an activating group) is 1. The summed E-state index contributed by atoms with van der Waals surface area (Å²) in [5.74, 6) is 1.54. The molecule has 0 spiro atoms. The number of amides is 1. The van der Waals surface area contributed by atoms with Crippen LogP contribution in [0, 0.1) is 12.8 Å². The molecular weight excluding hydrogens is 232 g/mol. The number of ether oxygens (including phenoxy) is 1. The number of carbonyl (C=O) groups excluding carboxylic acids is 1. The van der Waals surface area contributed by atoms with Crippen LogP contribution in [0.2, 0.25) is 0 Å². The number of hydrogen-bond donors (Lipinski definition) is 2. The summed E-state index contributed by atoms with van der Waals surface area (Å²) >= 11 is 0. The molecule has 1 aromatic rings. The summed E-state index contributed by atoms with van der Waals surface area (Å²) in [5.41, 5.74) is 0. The Balaban J connectivity index is 1.83. The van der Waals surface area contributed by atoms with E-state index in [-0.39, 0.29) is 17.9 Å². The molecule has 0 saturated carbocycles. The summed E-state index contributed by atoms with van der Waals surface area (Å²) in [6, 6.07) is 3.89. The van der Waals surface area contributed by atoms with Gasteiger partial charge in [0.2, 0.25) is 5.91 Å². The minimum Gasteiger partial charge on any atom is -0.465 e. The Bertz CT molecular complexity index is 403. The van der Waals surface area contributed by atoms with Crippen LogP contribution < -0.4 is 10.6 Å². The van der Waals surface area contributed by atoms with Crippen molar-refractivity contribution in [2.75, 3.05) is 19.8 Å². The van der Waals surface area contributed by atoms with E-state index >= 15 is 0 Å². The van der Waals surface area contributed by atoms with Gasteiger partial charge >= 0.3 is 0 Å². The van der Waals surface area contributed by atoms with Gasteiger partial charge in [-0.05, 0) is 25.6 Å². The Hall–Kier alpha value is -1.33. The van der Waals surface area contributed by atoms with Gasteiger partial charge in [0.25, 0.3) is 0 Å². The molecule has 2 heterocycles. The van der Waals surface area contributed by atoms with Crippen LogP contribution in [0.1, 0.15) is 18.4 Å². The Morgan fingerprint density at radius 2 is 2.28 bits per heavy atom. The SMILES string of the molecule is CCNC1COCC1C(=O)NCc1ccc(C)o1. The maximum Gasteiger partial charge on any atom is 0.227 e. The normalized spacial score (nSPS) is 23.2. The predicted molar refractivity (Wildman–Crippen MR) is 67.1 cm³/mol. The second-order valence-corrected chi connectivity index (χ2v) is 4.54. The zero-order valence-electron chi connectivity index (χ0n) is 10.9. The first-order chi connectivity index (χ1) is 8.70. The number of hydrogen-bond acceptors (Lipinski definition) is 4. The Morgan fingerprint density at radius 1 is 1.44 bits per heavy atom. The summed E-state index contributed by atoms with van der Waals surface area (Å²) in [5, 5.41) is 6.16. The van der Waals surface area contributed by atoms with E-state index in [1.54, 1.807) is 0 Å². The van der Waals surface area contributed by atoms with Crippen molar-refractivity contribution in [3.05, 3.63) is 23.7 Å². The minimum atomic E-state index is -0.110. The monoisotopic (exact) mass is 252 g/mol. The van der Waals surface area contributed by atoms with Crippen LogP contribution in [0.3, 0.4) is 0 Å². The van der Waals surface area contributed by atoms with E-state index in [4.69, 9.17) is 9.15 Å². The molecule has 0 radical (unpaired) electrons. The van der Waals surface area contributed by atoms with E-state index in [9.17, 15) is 4.79 Å². The van der Waals surface area contributed by atoms with Crippen molar-refractivity contribution >= 4 is 5.91 Å². The molecule has 0 bridgehead atoms. The highest BCUT2D eigenvalue weighted by molar-refractivity contribution is 5.79. The molecule has 18 heavy (non-hydrogen) atoms.